The quantitative estimate of drug-likeness (QED) is 0.834. The van der Waals surface area contributed by atoms with Gasteiger partial charge in [-0.3, -0.25) is 4.79 Å². The van der Waals surface area contributed by atoms with Crippen LogP contribution < -0.4 is 5.32 Å². The lowest BCUT2D eigenvalue weighted by atomic mass is 9.95. The molecule has 18 heavy (non-hydrogen) atoms. The van der Waals surface area contributed by atoms with Gasteiger partial charge in [0, 0.05) is 12.2 Å². The second-order valence-electron chi connectivity index (χ2n) is 4.33. The van der Waals surface area contributed by atoms with Crippen LogP contribution in [0.1, 0.15) is 44.0 Å². The van der Waals surface area contributed by atoms with E-state index in [2.05, 4.69) is 24.1 Å². The molecule has 1 aromatic rings. The molecule has 1 amide bonds. The van der Waals surface area contributed by atoms with E-state index in [1.807, 2.05) is 6.92 Å². The van der Waals surface area contributed by atoms with Crippen LogP contribution in [-0.4, -0.2) is 16.9 Å². The number of rotatable bonds is 5. The molecular formula is C13H18Cl2N2O. The van der Waals surface area contributed by atoms with Crippen LogP contribution in [0, 0.1) is 5.92 Å². The van der Waals surface area contributed by atoms with Gasteiger partial charge in [-0.15, -0.1) is 0 Å². The van der Waals surface area contributed by atoms with Crippen molar-refractivity contribution in [2.45, 2.75) is 39.7 Å². The molecule has 0 aliphatic rings. The molecule has 0 saturated heterocycles. The number of amides is 1. The molecule has 0 radical (unpaired) electrons. The van der Waals surface area contributed by atoms with Crippen molar-refractivity contribution in [3.8, 4) is 0 Å². The van der Waals surface area contributed by atoms with Crippen LogP contribution in [0.25, 0.3) is 0 Å². The summed E-state index contributed by atoms with van der Waals surface area (Å²) < 4.78 is 0. The summed E-state index contributed by atoms with van der Waals surface area (Å²) in [5, 5.41) is 3.53. The predicted molar refractivity (Wildman–Crippen MR) is 75.3 cm³/mol. The van der Waals surface area contributed by atoms with Crippen molar-refractivity contribution in [2.75, 3.05) is 0 Å². The van der Waals surface area contributed by atoms with Gasteiger partial charge in [0.05, 0.1) is 10.6 Å². The lowest BCUT2D eigenvalue weighted by Gasteiger charge is -2.22. The first-order valence-electron chi connectivity index (χ1n) is 6.11. The van der Waals surface area contributed by atoms with Crippen LogP contribution in [0.3, 0.4) is 0 Å². The van der Waals surface area contributed by atoms with E-state index in [4.69, 9.17) is 23.2 Å². The molecule has 0 aliphatic heterocycles. The van der Waals surface area contributed by atoms with Gasteiger partial charge in [0.1, 0.15) is 5.15 Å². The van der Waals surface area contributed by atoms with Gasteiger partial charge in [0.15, 0.2) is 0 Å². The number of carbonyl (C=O) groups is 1. The summed E-state index contributed by atoms with van der Waals surface area (Å²) in [5.41, 5.74) is 0.370. The number of carbonyl (C=O) groups excluding carboxylic acids is 1. The summed E-state index contributed by atoms with van der Waals surface area (Å²) in [5.74, 6) is 0.258. The van der Waals surface area contributed by atoms with Gasteiger partial charge >= 0.3 is 0 Å². The molecule has 0 fully saturated rings. The second-order valence-corrected chi connectivity index (χ2v) is 5.12. The Balaban J connectivity index is 2.79. The summed E-state index contributed by atoms with van der Waals surface area (Å²) in [6.45, 7) is 6.24. The maximum atomic E-state index is 12.1. The average molecular weight is 289 g/mol. The Kier molecular flexibility index (Phi) is 5.89. The zero-order valence-corrected chi connectivity index (χ0v) is 12.3. The van der Waals surface area contributed by atoms with Gasteiger partial charge in [0.25, 0.3) is 5.91 Å². The minimum Gasteiger partial charge on any atom is -0.349 e. The van der Waals surface area contributed by atoms with Gasteiger partial charge in [-0.05, 0) is 18.9 Å². The minimum atomic E-state index is -0.205. The fourth-order valence-electron chi connectivity index (χ4n) is 1.99. The number of aromatic nitrogens is 1. The maximum absolute atomic E-state index is 12.1. The van der Waals surface area contributed by atoms with Crippen LogP contribution in [0.15, 0.2) is 12.3 Å². The Morgan fingerprint density at radius 1 is 1.39 bits per heavy atom. The first-order valence-corrected chi connectivity index (χ1v) is 6.87. The molecule has 1 atom stereocenters. The summed E-state index contributed by atoms with van der Waals surface area (Å²) in [6, 6.07) is 1.59. The Hall–Kier alpha value is -0.800. The molecule has 100 valence electrons. The zero-order chi connectivity index (χ0) is 13.7. The normalized spacial score (nSPS) is 12.6. The van der Waals surface area contributed by atoms with E-state index in [1.165, 1.54) is 12.3 Å². The highest BCUT2D eigenvalue weighted by atomic mass is 35.5. The SMILES string of the molecule is CCC(CC)C(C)NC(=O)c1cc(Cl)ncc1Cl. The van der Waals surface area contributed by atoms with Gasteiger partial charge in [-0.2, -0.15) is 0 Å². The first-order chi connectivity index (χ1) is 8.49. The van der Waals surface area contributed by atoms with Gasteiger partial charge in [-0.25, -0.2) is 4.98 Å². The Bertz CT molecular complexity index is 419. The number of halogens is 2. The first kappa shape index (κ1) is 15.3. The molecule has 0 saturated carbocycles. The molecule has 0 aromatic carbocycles. The largest absolute Gasteiger partial charge is 0.349 e. The van der Waals surface area contributed by atoms with Crippen molar-refractivity contribution in [1.29, 1.82) is 0 Å². The van der Waals surface area contributed by atoms with Gasteiger partial charge < -0.3 is 5.32 Å². The van der Waals surface area contributed by atoms with Crippen molar-refractivity contribution in [3.05, 3.63) is 28.0 Å². The summed E-state index contributed by atoms with van der Waals surface area (Å²) >= 11 is 11.7. The lowest BCUT2D eigenvalue weighted by Crippen LogP contribution is -2.37. The van der Waals surface area contributed by atoms with Crippen LogP contribution in [-0.2, 0) is 0 Å². The van der Waals surface area contributed by atoms with E-state index in [1.54, 1.807) is 0 Å². The van der Waals surface area contributed by atoms with Crippen molar-refractivity contribution in [1.82, 2.24) is 10.3 Å². The molecule has 1 heterocycles. The molecule has 3 nitrogen and oxygen atoms in total. The van der Waals surface area contributed by atoms with Crippen LogP contribution in [0.5, 0.6) is 0 Å². The van der Waals surface area contributed by atoms with Crippen molar-refractivity contribution in [2.24, 2.45) is 5.92 Å². The van der Waals surface area contributed by atoms with E-state index in [9.17, 15) is 4.79 Å². The average Bonchev–Trinajstić information content (AvgIpc) is 2.33. The Morgan fingerprint density at radius 2 is 2.00 bits per heavy atom. The smallest absolute Gasteiger partial charge is 0.253 e. The number of hydrogen-bond acceptors (Lipinski definition) is 2. The molecule has 1 unspecified atom stereocenters. The van der Waals surface area contributed by atoms with Crippen LogP contribution in [0.2, 0.25) is 10.2 Å². The van der Waals surface area contributed by atoms with E-state index >= 15 is 0 Å². The number of pyridine rings is 1. The molecule has 0 bridgehead atoms. The fourth-order valence-corrected chi connectivity index (χ4v) is 2.33. The standard InChI is InChI=1S/C13H18Cl2N2O/c1-4-9(5-2)8(3)17-13(18)10-6-12(15)16-7-11(10)14/h6-9H,4-5H2,1-3H3,(H,17,18). The molecule has 0 spiro atoms. The number of nitrogens with zero attached hydrogens (tertiary/aromatic N) is 1. The van der Waals surface area contributed by atoms with Crippen molar-refractivity contribution >= 4 is 29.1 Å². The molecule has 1 rings (SSSR count). The third kappa shape index (κ3) is 3.85. The molecular weight excluding hydrogens is 271 g/mol. The summed E-state index contributed by atoms with van der Waals surface area (Å²) in [4.78, 5) is 15.9. The Labute approximate surface area is 118 Å². The monoisotopic (exact) mass is 288 g/mol. The van der Waals surface area contributed by atoms with Gasteiger partial charge in [-0.1, -0.05) is 49.9 Å². The number of hydrogen-bond donors (Lipinski definition) is 1. The third-order valence-electron chi connectivity index (χ3n) is 3.18. The van der Waals surface area contributed by atoms with Crippen molar-refractivity contribution in [3.63, 3.8) is 0 Å². The van der Waals surface area contributed by atoms with Crippen LogP contribution in [0.4, 0.5) is 0 Å². The fraction of sp³-hybridized carbons (Fsp3) is 0.538. The Morgan fingerprint density at radius 3 is 2.56 bits per heavy atom. The topological polar surface area (TPSA) is 42.0 Å². The molecule has 1 N–H and O–H groups in total. The van der Waals surface area contributed by atoms with Crippen molar-refractivity contribution < 1.29 is 4.79 Å². The third-order valence-corrected chi connectivity index (χ3v) is 3.69. The summed E-state index contributed by atoms with van der Waals surface area (Å²) in [7, 11) is 0. The highest BCUT2D eigenvalue weighted by molar-refractivity contribution is 6.35. The highest BCUT2D eigenvalue weighted by Gasteiger charge is 2.18. The minimum absolute atomic E-state index is 0.107. The zero-order valence-electron chi connectivity index (χ0n) is 10.8. The molecule has 0 aliphatic carbocycles. The van der Waals surface area contributed by atoms with Gasteiger partial charge in [0.2, 0.25) is 0 Å². The summed E-state index contributed by atoms with van der Waals surface area (Å²) in [6.07, 6.45) is 3.45. The predicted octanol–water partition coefficient (Wildman–Crippen LogP) is 3.94. The molecule has 1 aromatic heterocycles. The second kappa shape index (κ2) is 6.95. The maximum Gasteiger partial charge on any atom is 0.253 e. The van der Waals surface area contributed by atoms with E-state index in [-0.39, 0.29) is 17.1 Å². The van der Waals surface area contributed by atoms with E-state index in [0.29, 0.717) is 16.5 Å². The van der Waals surface area contributed by atoms with E-state index < -0.39 is 0 Å². The lowest BCUT2D eigenvalue weighted by molar-refractivity contribution is 0.0925. The van der Waals surface area contributed by atoms with E-state index in [0.717, 1.165) is 12.8 Å². The number of nitrogens with one attached hydrogen (secondary N) is 1. The van der Waals surface area contributed by atoms with Crippen LogP contribution >= 0.6 is 23.2 Å². The highest BCUT2D eigenvalue weighted by Crippen LogP contribution is 2.19. The molecule has 5 heteroatoms.